The van der Waals surface area contributed by atoms with E-state index in [-0.39, 0.29) is 12.1 Å². The Labute approximate surface area is 144 Å². The van der Waals surface area contributed by atoms with Crippen molar-refractivity contribution < 1.29 is 0 Å². The fraction of sp³-hybridized carbons (Fsp3) is 0.227. The highest BCUT2D eigenvalue weighted by Crippen LogP contribution is 2.26. The first-order valence-corrected chi connectivity index (χ1v) is 8.42. The number of aromatic nitrogens is 1. The van der Waals surface area contributed by atoms with Crippen molar-refractivity contribution in [1.29, 1.82) is 0 Å². The molecule has 1 heterocycles. The van der Waals surface area contributed by atoms with Crippen LogP contribution in [0.1, 0.15) is 46.8 Å². The third-order valence-corrected chi connectivity index (χ3v) is 4.33. The fourth-order valence-corrected chi connectivity index (χ4v) is 3.19. The van der Waals surface area contributed by atoms with Crippen LogP contribution in [0.4, 0.5) is 0 Å². The van der Waals surface area contributed by atoms with Crippen LogP contribution in [0.5, 0.6) is 0 Å². The third-order valence-electron chi connectivity index (χ3n) is 4.33. The van der Waals surface area contributed by atoms with E-state index in [2.05, 4.69) is 91.7 Å². The summed E-state index contributed by atoms with van der Waals surface area (Å²) < 4.78 is 0. The second-order valence-corrected chi connectivity index (χ2v) is 6.43. The summed E-state index contributed by atoms with van der Waals surface area (Å²) in [5.41, 5.74) is 6.42. The molecule has 0 saturated carbocycles. The molecule has 2 atom stereocenters. The zero-order valence-electron chi connectivity index (χ0n) is 14.5. The van der Waals surface area contributed by atoms with E-state index in [4.69, 9.17) is 0 Å². The maximum atomic E-state index is 4.15. The lowest BCUT2D eigenvalue weighted by molar-refractivity contribution is 0.516. The van der Waals surface area contributed by atoms with Gasteiger partial charge in [-0.15, -0.1) is 0 Å². The second-order valence-electron chi connectivity index (χ2n) is 6.43. The third kappa shape index (κ3) is 3.90. The summed E-state index contributed by atoms with van der Waals surface area (Å²) in [4.78, 5) is 4.15. The van der Waals surface area contributed by atoms with Crippen LogP contribution in [-0.2, 0) is 0 Å². The summed E-state index contributed by atoms with van der Waals surface area (Å²) in [6.07, 6.45) is 3.71. The molecule has 1 N–H and O–H groups in total. The lowest BCUT2D eigenvalue weighted by atomic mass is 9.96. The lowest BCUT2D eigenvalue weighted by Gasteiger charge is -2.25. The molecule has 0 aliphatic heterocycles. The minimum Gasteiger partial charge on any atom is -0.300 e. The molecule has 0 aliphatic carbocycles. The van der Waals surface area contributed by atoms with Gasteiger partial charge in [0.05, 0.1) is 6.04 Å². The minimum absolute atomic E-state index is 0.144. The number of nitrogens with one attached hydrogen (secondary N) is 1. The van der Waals surface area contributed by atoms with Crippen molar-refractivity contribution in [3.8, 4) is 0 Å². The zero-order valence-corrected chi connectivity index (χ0v) is 14.5. The average molecular weight is 316 g/mol. The van der Waals surface area contributed by atoms with Crippen molar-refractivity contribution in [2.24, 2.45) is 0 Å². The summed E-state index contributed by atoms with van der Waals surface area (Å²) in [5.74, 6) is 0. The molecule has 0 spiro atoms. The SMILES string of the molecule is Cc1cc(C)cc([C@@H](C)N[C@H](c2ccccc2)c2ccncc2)c1. The Morgan fingerprint density at radius 3 is 1.96 bits per heavy atom. The number of nitrogens with zero attached hydrogens (tertiary/aromatic N) is 1. The van der Waals surface area contributed by atoms with Crippen LogP contribution in [-0.4, -0.2) is 4.98 Å². The molecule has 0 aliphatic rings. The Morgan fingerprint density at radius 1 is 0.750 bits per heavy atom. The van der Waals surface area contributed by atoms with E-state index >= 15 is 0 Å². The molecule has 122 valence electrons. The van der Waals surface area contributed by atoms with E-state index < -0.39 is 0 Å². The molecule has 0 unspecified atom stereocenters. The maximum Gasteiger partial charge on any atom is 0.0582 e. The molecule has 1 aromatic heterocycles. The van der Waals surface area contributed by atoms with Crippen molar-refractivity contribution in [2.75, 3.05) is 0 Å². The van der Waals surface area contributed by atoms with E-state index in [1.54, 1.807) is 0 Å². The van der Waals surface area contributed by atoms with Gasteiger partial charge in [0.2, 0.25) is 0 Å². The molecular formula is C22H24N2. The number of benzene rings is 2. The minimum atomic E-state index is 0.144. The Morgan fingerprint density at radius 2 is 1.33 bits per heavy atom. The van der Waals surface area contributed by atoms with E-state index in [0.717, 1.165) is 0 Å². The first-order chi connectivity index (χ1) is 11.6. The molecular weight excluding hydrogens is 292 g/mol. The average Bonchev–Trinajstić information content (AvgIpc) is 2.60. The number of rotatable bonds is 5. The van der Waals surface area contributed by atoms with Crippen molar-refractivity contribution in [2.45, 2.75) is 32.9 Å². The molecule has 3 aromatic rings. The van der Waals surface area contributed by atoms with Gasteiger partial charge in [-0.05, 0) is 49.6 Å². The monoisotopic (exact) mass is 316 g/mol. The normalized spacial score (nSPS) is 13.5. The van der Waals surface area contributed by atoms with Gasteiger partial charge in [-0.2, -0.15) is 0 Å². The van der Waals surface area contributed by atoms with Gasteiger partial charge in [0, 0.05) is 18.4 Å². The lowest BCUT2D eigenvalue weighted by Crippen LogP contribution is -2.25. The Bertz CT molecular complexity index is 722. The van der Waals surface area contributed by atoms with E-state index in [1.165, 1.54) is 27.8 Å². The summed E-state index contributed by atoms with van der Waals surface area (Å²) >= 11 is 0. The topological polar surface area (TPSA) is 24.9 Å². The summed E-state index contributed by atoms with van der Waals surface area (Å²) in [5, 5.41) is 3.79. The molecule has 2 heteroatoms. The van der Waals surface area contributed by atoms with Gasteiger partial charge in [0.25, 0.3) is 0 Å². The van der Waals surface area contributed by atoms with Gasteiger partial charge in [0.1, 0.15) is 0 Å². The Kier molecular flexibility index (Phi) is 5.07. The predicted octanol–water partition coefficient (Wildman–Crippen LogP) is 5.14. The van der Waals surface area contributed by atoms with Crippen molar-refractivity contribution in [1.82, 2.24) is 10.3 Å². The molecule has 0 bridgehead atoms. The van der Waals surface area contributed by atoms with Crippen LogP contribution >= 0.6 is 0 Å². The van der Waals surface area contributed by atoms with Crippen LogP contribution in [0.25, 0.3) is 0 Å². The molecule has 24 heavy (non-hydrogen) atoms. The highest BCUT2D eigenvalue weighted by Gasteiger charge is 2.17. The van der Waals surface area contributed by atoms with Gasteiger partial charge >= 0.3 is 0 Å². The fourth-order valence-electron chi connectivity index (χ4n) is 3.19. The van der Waals surface area contributed by atoms with Crippen LogP contribution < -0.4 is 5.32 Å². The van der Waals surface area contributed by atoms with E-state index in [1.807, 2.05) is 12.4 Å². The number of aryl methyl sites for hydroxylation is 2. The van der Waals surface area contributed by atoms with Crippen LogP contribution in [0.15, 0.2) is 73.1 Å². The Hall–Kier alpha value is -2.45. The quantitative estimate of drug-likeness (QED) is 0.705. The molecule has 2 aromatic carbocycles. The largest absolute Gasteiger partial charge is 0.300 e. The maximum absolute atomic E-state index is 4.15. The summed E-state index contributed by atoms with van der Waals surface area (Å²) in [6.45, 7) is 6.53. The number of hydrogen-bond donors (Lipinski definition) is 1. The second kappa shape index (κ2) is 7.41. The molecule has 0 saturated heterocycles. The van der Waals surface area contributed by atoms with Gasteiger partial charge in [-0.3, -0.25) is 10.3 Å². The van der Waals surface area contributed by atoms with Gasteiger partial charge in [0.15, 0.2) is 0 Å². The summed E-state index contributed by atoms with van der Waals surface area (Å²) in [7, 11) is 0. The standard InChI is InChI=1S/C22H24N2/c1-16-13-17(2)15-21(14-16)18(3)24-22(19-7-5-4-6-8-19)20-9-11-23-12-10-20/h4-15,18,22,24H,1-3H3/t18-,22-/m1/s1. The van der Waals surface area contributed by atoms with Crippen LogP contribution in [0, 0.1) is 13.8 Å². The van der Waals surface area contributed by atoms with Crippen molar-refractivity contribution in [3.05, 3.63) is 101 Å². The van der Waals surface area contributed by atoms with Crippen molar-refractivity contribution >= 4 is 0 Å². The smallest absolute Gasteiger partial charge is 0.0582 e. The van der Waals surface area contributed by atoms with Crippen LogP contribution in [0.2, 0.25) is 0 Å². The van der Waals surface area contributed by atoms with Crippen LogP contribution in [0.3, 0.4) is 0 Å². The highest BCUT2D eigenvalue weighted by molar-refractivity contribution is 5.33. The van der Waals surface area contributed by atoms with Gasteiger partial charge < -0.3 is 0 Å². The predicted molar refractivity (Wildman–Crippen MR) is 100.0 cm³/mol. The van der Waals surface area contributed by atoms with E-state index in [0.29, 0.717) is 0 Å². The first kappa shape index (κ1) is 16.4. The molecule has 0 amide bonds. The van der Waals surface area contributed by atoms with E-state index in [9.17, 15) is 0 Å². The molecule has 2 nitrogen and oxygen atoms in total. The summed E-state index contributed by atoms with van der Waals surface area (Å²) in [6, 6.07) is 21.9. The van der Waals surface area contributed by atoms with Gasteiger partial charge in [-0.25, -0.2) is 0 Å². The molecule has 0 radical (unpaired) electrons. The molecule has 0 fully saturated rings. The van der Waals surface area contributed by atoms with Crippen molar-refractivity contribution in [3.63, 3.8) is 0 Å². The molecule has 3 rings (SSSR count). The number of hydrogen-bond acceptors (Lipinski definition) is 2. The first-order valence-electron chi connectivity index (χ1n) is 8.42. The number of pyridine rings is 1. The zero-order chi connectivity index (χ0) is 16.9. The van der Waals surface area contributed by atoms with Gasteiger partial charge in [-0.1, -0.05) is 59.7 Å². The highest BCUT2D eigenvalue weighted by atomic mass is 14.9. The Balaban J connectivity index is 1.92.